The molecule has 2 aromatic carbocycles. The zero-order valence-electron chi connectivity index (χ0n) is 17.9. The van der Waals surface area contributed by atoms with E-state index in [1.807, 2.05) is 4.72 Å². The second-order valence-electron chi connectivity index (χ2n) is 7.78. The normalized spacial score (nSPS) is 15.4. The number of hydrogen-bond donors (Lipinski definition) is 3. The van der Waals surface area contributed by atoms with Gasteiger partial charge in [0, 0.05) is 44.1 Å². The predicted molar refractivity (Wildman–Crippen MR) is 119 cm³/mol. The van der Waals surface area contributed by atoms with Gasteiger partial charge in [0.25, 0.3) is 21.6 Å². The Labute approximate surface area is 194 Å². The standard InChI is InChI=1S/C21H23FN4O7S/c22-21(8-10-25(11-9-21)19(28)13-27)14-23-17-7-6-16(12-18(17)26(30)31)34(32,33)24-20(29)15-4-2-1-3-5-15/h1-7,12,23,27H,8-11,13-14H2,(H,24,29). The zero-order chi connectivity index (χ0) is 24.9. The molecular weight excluding hydrogens is 471 g/mol. The second kappa shape index (κ2) is 10.1. The molecule has 3 rings (SSSR count). The largest absolute Gasteiger partial charge is 0.387 e. The van der Waals surface area contributed by atoms with Crippen LogP contribution in [0.4, 0.5) is 15.8 Å². The van der Waals surface area contributed by atoms with Crippen LogP contribution in [-0.2, 0) is 14.8 Å². The molecule has 182 valence electrons. The van der Waals surface area contributed by atoms with Crippen LogP contribution < -0.4 is 10.0 Å². The van der Waals surface area contributed by atoms with Crippen molar-refractivity contribution >= 4 is 33.2 Å². The Kier molecular flexibility index (Phi) is 7.47. The van der Waals surface area contributed by atoms with Crippen LogP contribution >= 0.6 is 0 Å². The summed E-state index contributed by atoms with van der Waals surface area (Å²) in [6.45, 7) is -0.771. The van der Waals surface area contributed by atoms with Gasteiger partial charge >= 0.3 is 0 Å². The van der Waals surface area contributed by atoms with Crippen molar-refractivity contribution in [3.05, 3.63) is 64.2 Å². The lowest BCUT2D eigenvalue weighted by Crippen LogP contribution is -2.48. The zero-order valence-corrected chi connectivity index (χ0v) is 18.8. The number of benzene rings is 2. The third kappa shape index (κ3) is 5.85. The Balaban J connectivity index is 1.72. The topological polar surface area (TPSA) is 159 Å². The van der Waals surface area contributed by atoms with Crippen molar-refractivity contribution in [1.82, 2.24) is 9.62 Å². The molecule has 2 aromatic rings. The van der Waals surface area contributed by atoms with Crippen LogP contribution in [0.15, 0.2) is 53.4 Å². The molecule has 2 amide bonds. The molecule has 0 unspecified atom stereocenters. The first-order valence-electron chi connectivity index (χ1n) is 10.3. The summed E-state index contributed by atoms with van der Waals surface area (Å²) in [7, 11) is -4.41. The fourth-order valence-corrected chi connectivity index (χ4v) is 4.49. The molecule has 34 heavy (non-hydrogen) atoms. The third-order valence-electron chi connectivity index (χ3n) is 5.48. The van der Waals surface area contributed by atoms with Crippen molar-refractivity contribution in [3.63, 3.8) is 0 Å². The van der Waals surface area contributed by atoms with Crippen LogP contribution in [0.1, 0.15) is 23.2 Å². The van der Waals surface area contributed by atoms with E-state index in [0.29, 0.717) is 0 Å². The van der Waals surface area contributed by atoms with Crippen LogP contribution in [-0.4, -0.2) is 67.1 Å². The number of halogens is 1. The lowest BCUT2D eigenvalue weighted by atomic mass is 9.93. The molecule has 0 atom stereocenters. The van der Waals surface area contributed by atoms with Gasteiger partial charge < -0.3 is 15.3 Å². The summed E-state index contributed by atoms with van der Waals surface area (Å²) in [4.78, 5) is 35.3. The van der Waals surface area contributed by atoms with E-state index in [-0.39, 0.29) is 43.7 Å². The highest BCUT2D eigenvalue weighted by atomic mass is 32.2. The first-order chi connectivity index (χ1) is 16.0. The van der Waals surface area contributed by atoms with Gasteiger partial charge in [-0.25, -0.2) is 17.5 Å². The number of rotatable bonds is 8. The van der Waals surface area contributed by atoms with E-state index in [2.05, 4.69) is 5.32 Å². The fourth-order valence-electron chi connectivity index (χ4n) is 3.50. The second-order valence-corrected chi connectivity index (χ2v) is 9.46. The highest BCUT2D eigenvalue weighted by molar-refractivity contribution is 7.90. The van der Waals surface area contributed by atoms with Crippen LogP contribution in [0.3, 0.4) is 0 Å². The molecule has 11 nitrogen and oxygen atoms in total. The number of nitrogens with zero attached hydrogens (tertiary/aromatic N) is 2. The average Bonchev–Trinajstić information content (AvgIpc) is 2.83. The first-order valence-corrected chi connectivity index (χ1v) is 11.7. The summed E-state index contributed by atoms with van der Waals surface area (Å²) in [6, 6.07) is 10.6. The number of nitro benzene ring substituents is 1. The highest BCUT2D eigenvalue weighted by Gasteiger charge is 2.36. The van der Waals surface area contributed by atoms with E-state index >= 15 is 4.39 Å². The Morgan fingerprint density at radius 3 is 2.38 bits per heavy atom. The van der Waals surface area contributed by atoms with Gasteiger partial charge in [-0.1, -0.05) is 18.2 Å². The number of carbonyl (C=O) groups is 2. The molecule has 3 N–H and O–H groups in total. The Morgan fingerprint density at radius 2 is 1.79 bits per heavy atom. The lowest BCUT2D eigenvalue weighted by molar-refractivity contribution is -0.384. The van der Waals surface area contributed by atoms with Crippen LogP contribution in [0, 0.1) is 10.1 Å². The summed E-state index contributed by atoms with van der Waals surface area (Å²) in [5, 5.41) is 23.1. The molecular formula is C21H23FN4O7S. The molecule has 0 aliphatic carbocycles. The number of amides is 2. The fraction of sp³-hybridized carbons (Fsp3) is 0.333. The molecule has 1 heterocycles. The number of sulfonamides is 1. The van der Waals surface area contributed by atoms with Crippen molar-refractivity contribution in [2.24, 2.45) is 0 Å². The number of anilines is 1. The maximum atomic E-state index is 15.1. The molecule has 1 saturated heterocycles. The van der Waals surface area contributed by atoms with Gasteiger partial charge in [0.05, 0.1) is 9.82 Å². The van der Waals surface area contributed by atoms with E-state index < -0.39 is 49.6 Å². The van der Waals surface area contributed by atoms with Crippen molar-refractivity contribution in [2.45, 2.75) is 23.4 Å². The van der Waals surface area contributed by atoms with Gasteiger partial charge in [-0.15, -0.1) is 0 Å². The van der Waals surface area contributed by atoms with Gasteiger partial charge in [0.15, 0.2) is 0 Å². The minimum atomic E-state index is -4.41. The molecule has 0 radical (unpaired) electrons. The number of nitrogens with one attached hydrogen (secondary N) is 2. The smallest absolute Gasteiger partial charge is 0.293 e. The minimum Gasteiger partial charge on any atom is -0.387 e. The number of hydrogen-bond acceptors (Lipinski definition) is 8. The number of piperidine rings is 1. The summed E-state index contributed by atoms with van der Waals surface area (Å²) < 4.78 is 42.2. The summed E-state index contributed by atoms with van der Waals surface area (Å²) in [5.41, 5.74) is -2.36. The van der Waals surface area contributed by atoms with E-state index in [9.17, 15) is 28.1 Å². The van der Waals surface area contributed by atoms with Crippen molar-refractivity contribution < 1.29 is 32.4 Å². The Bertz CT molecular complexity index is 1180. The van der Waals surface area contributed by atoms with Gasteiger partial charge in [0.2, 0.25) is 5.91 Å². The van der Waals surface area contributed by atoms with Crippen LogP contribution in [0.25, 0.3) is 0 Å². The number of aliphatic hydroxyl groups is 1. The maximum Gasteiger partial charge on any atom is 0.293 e. The molecule has 1 aliphatic heterocycles. The number of carbonyl (C=O) groups excluding carboxylic acids is 2. The first kappa shape index (κ1) is 25.1. The van der Waals surface area contributed by atoms with E-state index in [1.165, 1.54) is 17.0 Å². The number of alkyl halides is 1. The lowest BCUT2D eigenvalue weighted by Gasteiger charge is -2.36. The van der Waals surface area contributed by atoms with Gasteiger partial charge in [-0.2, -0.15) is 0 Å². The molecule has 0 saturated carbocycles. The van der Waals surface area contributed by atoms with E-state index in [0.717, 1.165) is 18.2 Å². The summed E-state index contributed by atoms with van der Waals surface area (Å²) >= 11 is 0. The van der Waals surface area contributed by atoms with Crippen molar-refractivity contribution in [2.75, 3.05) is 31.6 Å². The van der Waals surface area contributed by atoms with Crippen LogP contribution in [0.2, 0.25) is 0 Å². The van der Waals surface area contributed by atoms with Gasteiger partial charge in [-0.05, 0) is 24.3 Å². The van der Waals surface area contributed by atoms with E-state index in [4.69, 9.17) is 5.11 Å². The summed E-state index contributed by atoms with van der Waals surface area (Å²) in [5.74, 6) is -1.39. The molecule has 13 heteroatoms. The SMILES string of the molecule is O=C(NS(=O)(=O)c1ccc(NCC2(F)CCN(C(=O)CO)CC2)c([N+](=O)[O-])c1)c1ccccc1. The quantitative estimate of drug-likeness (QED) is 0.367. The predicted octanol–water partition coefficient (Wildman–Crippen LogP) is 1.45. The van der Waals surface area contributed by atoms with Crippen molar-refractivity contribution in [3.8, 4) is 0 Å². The number of nitro groups is 1. The molecule has 0 aromatic heterocycles. The van der Waals surface area contributed by atoms with E-state index in [1.54, 1.807) is 18.2 Å². The Hall–Kier alpha value is -3.58. The van der Waals surface area contributed by atoms with Gasteiger partial charge in [0.1, 0.15) is 18.0 Å². The molecule has 0 bridgehead atoms. The third-order valence-corrected chi connectivity index (χ3v) is 6.81. The maximum absolute atomic E-state index is 15.1. The summed E-state index contributed by atoms with van der Waals surface area (Å²) in [6.07, 6.45) is -0.0605. The number of aliphatic hydroxyl groups excluding tert-OH is 1. The Morgan fingerprint density at radius 1 is 1.15 bits per heavy atom. The minimum absolute atomic E-state index is 0.0302. The average molecular weight is 495 g/mol. The number of likely N-dealkylation sites (tertiary alicyclic amines) is 1. The molecule has 1 fully saturated rings. The monoisotopic (exact) mass is 494 g/mol. The molecule has 0 spiro atoms. The highest BCUT2D eigenvalue weighted by Crippen LogP contribution is 2.31. The molecule has 1 aliphatic rings. The van der Waals surface area contributed by atoms with Crippen LogP contribution in [0.5, 0.6) is 0 Å². The van der Waals surface area contributed by atoms with Gasteiger partial charge in [-0.3, -0.25) is 19.7 Å². The van der Waals surface area contributed by atoms with Crippen molar-refractivity contribution in [1.29, 1.82) is 0 Å².